The molecule has 1 N–H and O–H groups in total. The Balaban J connectivity index is 0.00000364. The van der Waals surface area contributed by atoms with Crippen LogP contribution in [0.15, 0.2) is 52.3 Å². The molecule has 28 heavy (non-hydrogen) atoms. The molecule has 9 nitrogen and oxygen atoms in total. The van der Waals surface area contributed by atoms with E-state index in [0.29, 0.717) is 11.8 Å². The molecule has 0 saturated heterocycles. The van der Waals surface area contributed by atoms with Crippen LogP contribution < -0.4 is 112 Å². The third-order valence-electron chi connectivity index (χ3n) is 2.99. The van der Waals surface area contributed by atoms with E-state index in [9.17, 15) is 30.7 Å². The molecule has 2 aromatic rings. The number of carbonyl (C=O) groups is 1. The first kappa shape index (κ1) is 29.2. The van der Waals surface area contributed by atoms with Crippen LogP contribution in [0.4, 0.5) is 5.69 Å². The van der Waals surface area contributed by atoms with Gasteiger partial charge in [-0.2, -0.15) is 0 Å². The molecule has 0 aromatic heterocycles. The van der Waals surface area contributed by atoms with Crippen LogP contribution in [0.25, 0.3) is 0 Å². The zero-order chi connectivity index (χ0) is 19.5. The molecule has 0 radical (unpaired) electrons. The van der Waals surface area contributed by atoms with Gasteiger partial charge in [-0.25, -0.2) is 16.8 Å². The third-order valence-corrected chi connectivity index (χ3v) is 4.98. The number of hydrogen-bond acceptors (Lipinski definition) is 9. The van der Waals surface area contributed by atoms with E-state index < -0.39 is 35.9 Å². The molecule has 0 heterocycles. The largest absolute Gasteiger partial charge is 1.00 e. The number of rotatable bonds is 6. The van der Waals surface area contributed by atoms with Gasteiger partial charge < -0.3 is 18.6 Å². The Hall–Kier alpha value is 1.15. The molecule has 0 atom stereocenters. The molecule has 0 aliphatic rings. The molecular weight excluding hydrogens is 485 g/mol. The summed E-state index contributed by atoms with van der Waals surface area (Å²) in [5.74, 6) is -0.352. The molecule has 2 rings (SSSR count). The molecule has 0 unspecified atom stereocenters. The van der Waals surface area contributed by atoms with Gasteiger partial charge in [0.05, 0.1) is 21.8 Å². The van der Waals surface area contributed by atoms with Crippen molar-refractivity contribution in [2.75, 3.05) is 11.6 Å². The maximum Gasteiger partial charge on any atom is 1.00 e. The SMILES string of the molecule is CSOc1cccc(C(=O)Nc2cc(S(=O)(=O)[O-])cc(S(=O)(=O)[O-])c2)c1.[K+].[K+]. The topological polar surface area (TPSA) is 153 Å². The molecule has 0 saturated carbocycles. The molecular formula is C14H11K2NO8S3. The molecule has 14 heteroatoms. The first-order chi connectivity index (χ1) is 12.0. The summed E-state index contributed by atoms with van der Waals surface area (Å²) in [5.41, 5.74) is -0.212. The van der Waals surface area contributed by atoms with Crippen LogP contribution >= 0.6 is 12.0 Å². The summed E-state index contributed by atoms with van der Waals surface area (Å²) < 4.78 is 72.1. The van der Waals surface area contributed by atoms with Gasteiger partial charge in [0.2, 0.25) is 0 Å². The van der Waals surface area contributed by atoms with Crippen molar-refractivity contribution < 1.29 is 138 Å². The Kier molecular flexibility index (Phi) is 12.8. The second-order valence-corrected chi connectivity index (χ2v) is 8.09. The van der Waals surface area contributed by atoms with Gasteiger partial charge >= 0.3 is 103 Å². The van der Waals surface area contributed by atoms with E-state index in [4.69, 9.17) is 4.18 Å². The van der Waals surface area contributed by atoms with Crippen LogP contribution in [-0.2, 0) is 20.2 Å². The Bertz CT molecular complexity index is 1010. The minimum absolute atomic E-state index is 0. The summed E-state index contributed by atoms with van der Waals surface area (Å²) in [6, 6.07) is 7.92. The van der Waals surface area contributed by atoms with Crippen molar-refractivity contribution in [1.29, 1.82) is 0 Å². The summed E-state index contributed by atoms with van der Waals surface area (Å²) in [6.07, 6.45) is 1.67. The van der Waals surface area contributed by atoms with Crippen molar-refractivity contribution >= 4 is 43.9 Å². The van der Waals surface area contributed by atoms with Crippen LogP contribution in [0.3, 0.4) is 0 Å². The Morgan fingerprint density at radius 1 is 0.964 bits per heavy atom. The molecule has 0 spiro atoms. The van der Waals surface area contributed by atoms with Crippen molar-refractivity contribution in [2.24, 2.45) is 0 Å². The number of carbonyl (C=O) groups excluding carboxylic acids is 1. The second-order valence-electron chi connectivity index (χ2n) is 4.83. The fourth-order valence-corrected chi connectivity index (χ4v) is 3.38. The van der Waals surface area contributed by atoms with Gasteiger partial charge in [-0.05, 0) is 36.4 Å². The summed E-state index contributed by atoms with van der Waals surface area (Å²) >= 11 is 1.05. The first-order valence-corrected chi connectivity index (χ1v) is 10.7. The molecule has 0 aliphatic heterocycles. The Morgan fingerprint density at radius 2 is 1.50 bits per heavy atom. The van der Waals surface area contributed by atoms with E-state index in [1.54, 1.807) is 12.3 Å². The van der Waals surface area contributed by atoms with Crippen LogP contribution in [-0.4, -0.2) is 38.1 Å². The van der Waals surface area contributed by atoms with E-state index in [-0.39, 0.29) is 114 Å². The van der Waals surface area contributed by atoms with Gasteiger partial charge in [-0.1, -0.05) is 6.07 Å². The summed E-state index contributed by atoms with van der Waals surface area (Å²) in [5, 5.41) is 2.24. The van der Waals surface area contributed by atoms with E-state index >= 15 is 0 Å². The number of nitrogens with one attached hydrogen (secondary N) is 1. The minimum atomic E-state index is -5.05. The normalized spacial score (nSPS) is 11.0. The number of anilines is 1. The predicted molar refractivity (Wildman–Crippen MR) is 90.9 cm³/mol. The van der Waals surface area contributed by atoms with Crippen molar-refractivity contribution in [3.8, 4) is 5.75 Å². The standard InChI is InChI=1S/C14H13NO8S3.2K/c1-24-23-11-4-2-3-9(5-11)14(16)15-10-6-12(25(17,18)19)8-13(7-10)26(20,21)22;;/h2-8H,1H3,(H,15,16)(H,17,18,19)(H,20,21,22);;/q;2*+1/p-2. The van der Waals surface area contributed by atoms with Crippen LogP contribution in [0, 0.1) is 0 Å². The predicted octanol–water partition coefficient (Wildman–Crippen LogP) is -4.59. The van der Waals surface area contributed by atoms with Crippen LogP contribution in [0.2, 0.25) is 0 Å². The number of hydrogen-bond donors (Lipinski definition) is 1. The van der Waals surface area contributed by atoms with Gasteiger partial charge in [0.15, 0.2) is 0 Å². The van der Waals surface area contributed by atoms with Crippen molar-refractivity contribution in [3.05, 3.63) is 48.0 Å². The van der Waals surface area contributed by atoms with Crippen molar-refractivity contribution in [1.82, 2.24) is 0 Å². The average Bonchev–Trinajstić information content (AvgIpc) is 2.53. The Morgan fingerprint density at radius 3 is 1.96 bits per heavy atom. The van der Waals surface area contributed by atoms with Gasteiger partial charge in [-0.3, -0.25) is 4.79 Å². The fraction of sp³-hybridized carbons (Fsp3) is 0.0714. The van der Waals surface area contributed by atoms with Gasteiger partial charge in [0, 0.05) is 17.5 Å². The monoisotopic (exact) mass is 495 g/mol. The summed E-state index contributed by atoms with van der Waals surface area (Å²) in [4.78, 5) is 10.4. The van der Waals surface area contributed by atoms with Crippen LogP contribution in [0.5, 0.6) is 5.75 Å². The summed E-state index contributed by atoms with van der Waals surface area (Å²) in [7, 11) is -10.1. The average molecular weight is 496 g/mol. The van der Waals surface area contributed by atoms with Crippen molar-refractivity contribution in [2.45, 2.75) is 9.79 Å². The van der Waals surface area contributed by atoms with E-state index in [2.05, 4.69) is 5.32 Å². The Labute approximate surface area is 251 Å². The number of benzene rings is 2. The minimum Gasteiger partial charge on any atom is -0.744 e. The third kappa shape index (κ3) is 8.72. The molecule has 2 aromatic carbocycles. The van der Waals surface area contributed by atoms with Crippen molar-refractivity contribution in [3.63, 3.8) is 0 Å². The first-order valence-electron chi connectivity index (χ1n) is 6.69. The molecule has 0 fully saturated rings. The van der Waals surface area contributed by atoms with Gasteiger partial charge in [-0.15, -0.1) is 0 Å². The van der Waals surface area contributed by atoms with Gasteiger partial charge in [0.25, 0.3) is 5.91 Å². The summed E-state index contributed by atoms with van der Waals surface area (Å²) in [6.45, 7) is 0. The van der Waals surface area contributed by atoms with E-state index in [1.165, 1.54) is 18.2 Å². The van der Waals surface area contributed by atoms with Crippen LogP contribution in [0.1, 0.15) is 10.4 Å². The molecule has 140 valence electrons. The quantitative estimate of drug-likeness (QED) is 0.237. The molecule has 1 amide bonds. The smallest absolute Gasteiger partial charge is 0.744 e. The van der Waals surface area contributed by atoms with Gasteiger partial charge in [0.1, 0.15) is 26.0 Å². The maximum atomic E-state index is 12.3. The van der Waals surface area contributed by atoms with E-state index in [1.807, 2.05) is 0 Å². The zero-order valence-corrected chi connectivity index (χ0v) is 23.7. The maximum absolute atomic E-state index is 12.3. The molecule has 0 bridgehead atoms. The molecule has 0 aliphatic carbocycles. The van der Waals surface area contributed by atoms with E-state index in [0.717, 1.165) is 24.2 Å². The number of amides is 1. The zero-order valence-electron chi connectivity index (χ0n) is 15.0. The fourth-order valence-electron chi connectivity index (χ4n) is 1.92. The second kappa shape index (κ2) is 12.3.